The molecule has 0 bridgehead atoms. The molecule has 1 N–H and O–H groups in total. The summed E-state index contributed by atoms with van der Waals surface area (Å²) in [6, 6.07) is 7.09. The van der Waals surface area contributed by atoms with Crippen molar-refractivity contribution in [2.24, 2.45) is 4.99 Å². The molecule has 0 atom stereocenters. The fourth-order valence-corrected chi connectivity index (χ4v) is 2.94. The first-order valence-electron chi connectivity index (χ1n) is 8.61. The summed E-state index contributed by atoms with van der Waals surface area (Å²) in [5, 5.41) is 3.15. The van der Waals surface area contributed by atoms with E-state index in [-0.39, 0.29) is 6.54 Å². The molecule has 6 nitrogen and oxygen atoms in total. The summed E-state index contributed by atoms with van der Waals surface area (Å²) >= 11 is 0. The van der Waals surface area contributed by atoms with Gasteiger partial charge in [-0.05, 0) is 23.8 Å². The van der Waals surface area contributed by atoms with Crippen molar-refractivity contribution in [3.8, 4) is 0 Å². The predicted molar refractivity (Wildman–Crippen MR) is 97.5 cm³/mol. The van der Waals surface area contributed by atoms with Crippen LogP contribution in [0.25, 0.3) is 0 Å². The summed E-state index contributed by atoms with van der Waals surface area (Å²) in [4.78, 5) is 16.9. The third-order valence-corrected chi connectivity index (χ3v) is 4.33. The molecule has 3 rings (SSSR count). The summed E-state index contributed by atoms with van der Waals surface area (Å²) in [6.45, 7) is 3.21. The van der Waals surface area contributed by atoms with Gasteiger partial charge >= 0.3 is 6.18 Å². The Morgan fingerprint density at radius 3 is 2.44 bits per heavy atom. The standard InChI is InChI=1S/C18H21F3N6/c1-22-16(25-13-14-4-2-5-15(12-14)18(19,20)21)26-8-10-27(11-9-26)17-23-6-3-7-24-17/h2-7,12H,8-11,13H2,1H3,(H,22,25). The van der Waals surface area contributed by atoms with Crippen LogP contribution in [0.4, 0.5) is 19.1 Å². The zero-order valence-corrected chi connectivity index (χ0v) is 14.9. The van der Waals surface area contributed by atoms with E-state index in [0.29, 0.717) is 17.5 Å². The van der Waals surface area contributed by atoms with Gasteiger partial charge < -0.3 is 15.1 Å². The van der Waals surface area contributed by atoms with Crippen molar-refractivity contribution in [1.29, 1.82) is 0 Å². The Labute approximate surface area is 155 Å². The van der Waals surface area contributed by atoms with Gasteiger partial charge in [0.1, 0.15) is 0 Å². The number of alkyl halides is 3. The fraction of sp³-hybridized carbons (Fsp3) is 0.389. The molecule has 1 fully saturated rings. The van der Waals surface area contributed by atoms with E-state index in [0.717, 1.165) is 38.3 Å². The fourth-order valence-electron chi connectivity index (χ4n) is 2.94. The number of aliphatic imine (C=N–C) groups is 1. The minimum absolute atomic E-state index is 0.276. The molecule has 0 unspecified atom stereocenters. The molecule has 2 heterocycles. The maximum absolute atomic E-state index is 12.8. The van der Waals surface area contributed by atoms with Crippen LogP contribution in [-0.2, 0) is 12.7 Å². The van der Waals surface area contributed by atoms with Gasteiger partial charge in [-0.2, -0.15) is 13.2 Å². The quantitative estimate of drug-likeness (QED) is 0.657. The lowest BCUT2D eigenvalue weighted by atomic mass is 10.1. The lowest BCUT2D eigenvalue weighted by Gasteiger charge is -2.36. The van der Waals surface area contributed by atoms with Crippen LogP contribution in [0, 0.1) is 0 Å². The van der Waals surface area contributed by atoms with Gasteiger partial charge in [-0.3, -0.25) is 4.99 Å². The second-order valence-corrected chi connectivity index (χ2v) is 6.12. The number of halogens is 3. The number of piperazine rings is 1. The van der Waals surface area contributed by atoms with Crippen molar-refractivity contribution >= 4 is 11.9 Å². The normalized spacial score (nSPS) is 15.8. The molecule has 1 aliphatic rings. The Morgan fingerprint density at radius 2 is 1.81 bits per heavy atom. The van der Waals surface area contributed by atoms with Crippen LogP contribution in [0.1, 0.15) is 11.1 Å². The molecule has 0 radical (unpaired) electrons. The molecular formula is C18H21F3N6. The first kappa shape index (κ1) is 18.9. The van der Waals surface area contributed by atoms with E-state index >= 15 is 0 Å². The monoisotopic (exact) mass is 378 g/mol. The van der Waals surface area contributed by atoms with Gasteiger partial charge in [0.2, 0.25) is 5.95 Å². The molecule has 9 heteroatoms. The molecule has 1 aromatic heterocycles. The first-order valence-corrected chi connectivity index (χ1v) is 8.61. The van der Waals surface area contributed by atoms with Crippen molar-refractivity contribution in [2.45, 2.75) is 12.7 Å². The summed E-state index contributed by atoms with van der Waals surface area (Å²) in [5.41, 5.74) is -0.0874. The highest BCUT2D eigenvalue weighted by atomic mass is 19.4. The van der Waals surface area contributed by atoms with Gasteiger partial charge in [0.05, 0.1) is 5.56 Å². The zero-order chi connectivity index (χ0) is 19.3. The minimum Gasteiger partial charge on any atom is -0.352 e. The number of hydrogen-bond acceptors (Lipinski definition) is 4. The molecule has 1 aliphatic heterocycles. The Kier molecular flexibility index (Phi) is 5.78. The Hall–Kier alpha value is -2.84. The lowest BCUT2D eigenvalue weighted by molar-refractivity contribution is -0.137. The van der Waals surface area contributed by atoms with Crippen molar-refractivity contribution < 1.29 is 13.2 Å². The third-order valence-electron chi connectivity index (χ3n) is 4.33. The van der Waals surface area contributed by atoms with Gasteiger partial charge in [-0.1, -0.05) is 12.1 Å². The van der Waals surface area contributed by atoms with Crippen molar-refractivity contribution in [2.75, 3.05) is 38.1 Å². The molecule has 0 amide bonds. The van der Waals surface area contributed by atoms with Gasteiger partial charge in [0.15, 0.2) is 5.96 Å². The topological polar surface area (TPSA) is 56.7 Å². The SMILES string of the molecule is CN=C(NCc1cccc(C(F)(F)F)c1)N1CCN(c2ncccn2)CC1. The maximum Gasteiger partial charge on any atom is 0.416 e. The van der Waals surface area contributed by atoms with Gasteiger partial charge in [-0.25, -0.2) is 9.97 Å². The summed E-state index contributed by atoms with van der Waals surface area (Å²) in [5.74, 6) is 1.37. The third kappa shape index (κ3) is 4.87. The van der Waals surface area contributed by atoms with Gasteiger partial charge in [0.25, 0.3) is 0 Å². The molecule has 1 saturated heterocycles. The number of benzene rings is 1. The summed E-state index contributed by atoms with van der Waals surface area (Å²) in [6.07, 6.45) is -0.915. The van der Waals surface area contributed by atoms with Crippen molar-refractivity contribution in [3.05, 3.63) is 53.9 Å². The highest BCUT2D eigenvalue weighted by molar-refractivity contribution is 5.80. The molecule has 0 aliphatic carbocycles. The van der Waals surface area contributed by atoms with Crippen LogP contribution >= 0.6 is 0 Å². The number of guanidine groups is 1. The Morgan fingerprint density at radius 1 is 1.11 bits per heavy atom. The average molecular weight is 378 g/mol. The first-order chi connectivity index (χ1) is 13.0. The summed E-state index contributed by atoms with van der Waals surface area (Å²) < 4.78 is 38.5. The largest absolute Gasteiger partial charge is 0.416 e. The number of nitrogens with zero attached hydrogens (tertiary/aromatic N) is 5. The van der Waals surface area contributed by atoms with E-state index < -0.39 is 11.7 Å². The molecule has 0 spiro atoms. The second-order valence-electron chi connectivity index (χ2n) is 6.12. The zero-order valence-electron chi connectivity index (χ0n) is 14.9. The molecule has 1 aromatic carbocycles. The summed E-state index contributed by atoms with van der Waals surface area (Å²) in [7, 11) is 1.67. The van der Waals surface area contributed by atoms with E-state index in [9.17, 15) is 13.2 Å². The van der Waals surface area contributed by atoms with E-state index in [4.69, 9.17) is 0 Å². The Balaban J connectivity index is 1.56. The van der Waals surface area contributed by atoms with E-state index in [2.05, 4.69) is 30.1 Å². The molecule has 27 heavy (non-hydrogen) atoms. The predicted octanol–water partition coefficient (Wildman–Crippen LogP) is 2.39. The lowest BCUT2D eigenvalue weighted by Crippen LogP contribution is -2.52. The van der Waals surface area contributed by atoms with Crippen LogP contribution in [0.15, 0.2) is 47.7 Å². The number of aromatic nitrogens is 2. The van der Waals surface area contributed by atoms with Gasteiger partial charge in [0, 0.05) is 52.2 Å². The number of rotatable bonds is 3. The van der Waals surface area contributed by atoms with Crippen LogP contribution in [0.3, 0.4) is 0 Å². The smallest absolute Gasteiger partial charge is 0.352 e. The molecule has 144 valence electrons. The number of nitrogens with one attached hydrogen (secondary N) is 1. The number of anilines is 1. The van der Waals surface area contributed by atoms with Crippen molar-refractivity contribution in [3.63, 3.8) is 0 Å². The Bertz CT molecular complexity index is 770. The molecule has 2 aromatic rings. The highest BCUT2D eigenvalue weighted by Crippen LogP contribution is 2.29. The van der Waals surface area contributed by atoms with Crippen molar-refractivity contribution in [1.82, 2.24) is 20.2 Å². The van der Waals surface area contributed by atoms with Crippen LogP contribution in [0.2, 0.25) is 0 Å². The van der Waals surface area contributed by atoms with E-state index in [1.54, 1.807) is 31.6 Å². The van der Waals surface area contributed by atoms with Gasteiger partial charge in [-0.15, -0.1) is 0 Å². The average Bonchev–Trinajstić information content (AvgIpc) is 2.69. The minimum atomic E-state index is -4.34. The maximum atomic E-state index is 12.8. The number of hydrogen-bond donors (Lipinski definition) is 1. The second kappa shape index (κ2) is 8.24. The molecule has 0 saturated carbocycles. The van der Waals surface area contributed by atoms with E-state index in [1.807, 2.05) is 0 Å². The van der Waals surface area contributed by atoms with Crippen LogP contribution < -0.4 is 10.2 Å². The van der Waals surface area contributed by atoms with E-state index in [1.165, 1.54) is 6.07 Å². The molecular weight excluding hydrogens is 357 g/mol. The van der Waals surface area contributed by atoms with Crippen LogP contribution in [0.5, 0.6) is 0 Å². The highest BCUT2D eigenvalue weighted by Gasteiger charge is 2.30. The van der Waals surface area contributed by atoms with Crippen LogP contribution in [-0.4, -0.2) is 54.1 Å².